The lowest BCUT2D eigenvalue weighted by Gasteiger charge is -2.17. The zero-order chi connectivity index (χ0) is 24.4. The minimum absolute atomic E-state index is 0.127. The van der Waals surface area contributed by atoms with Crippen molar-refractivity contribution in [3.8, 4) is 0 Å². The van der Waals surface area contributed by atoms with E-state index in [1.165, 1.54) is 12.1 Å². The number of nitrogens with zero attached hydrogens (tertiary/aromatic N) is 1. The van der Waals surface area contributed by atoms with Gasteiger partial charge < -0.3 is 10.6 Å². The molecule has 1 heterocycles. The van der Waals surface area contributed by atoms with E-state index in [4.69, 9.17) is 34.8 Å². The summed E-state index contributed by atoms with van der Waals surface area (Å²) in [7, 11) is 0. The summed E-state index contributed by atoms with van der Waals surface area (Å²) in [5, 5.41) is 5.95. The Labute approximate surface area is 211 Å². The number of carbonyl (C=O) groups excluding carboxylic acids is 3. The van der Waals surface area contributed by atoms with E-state index in [0.29, 0.717) is 16.3 Å². The van der Waals surface area contributed by atoms with Gasteiger partial charge in [0.1, 0.15) is 10.7 Å². The number of aryl methyl sites for hydroxylation is 1. The fourth-order valence-corrected chi connectivity index (χ4v) is 4.10. The van der Waals surface area contributed by atoms with E-state index in [2.05, 4.69) is 10.6 Å². The Hall–Kier alpha value is -3.32. The van der Waals surface area contributed by atoms with Crippen LogP contribution >= 0.6 is 34.8 Å². The molecule has 3 aromatic carbocycles. The van der Waals surface area contributed by atoms with Crippen LogP contribution in [-0.4, -0.2) is 17.7 Å². The van der Waals surface area contributed by atoms with Crippen LogP contribution in [0.25, 0.3) is 0 Å². The van der Waals surface area contributed by atoms with Gasteiger partial charge in [-0.2, -0.15) is 0 Å². The Bertz CT molecular complexity index is 1350. The maximum Gasteiger partial charge on any atom is 0.283 e. The Morgan fingerprint density at radius 2 is 1.68 bits per heavy atom. The number of anilines is 3. The Balaban J connectivity index is 1.57. The molecule has 4 rings (SSSR count). The van der Waals surface area contributed by atoms with Crippen LogP contribution in [0, 0.1) is 0 Å². The number of halogens is 3. The third kappa shape index (κ3) is 4.66. The highest BCUT2D eigenvalue weighted by molar-refractivity contribution is 6.54. The van der Waals surface area contributed by atoms with Gasteiger partial charge in [0.25, 0.3) is 17.7 Å². The van der Waals surface area contributed by atoms with E-state index < -0.39 is 11.8 Å². The molecule has 2 N–H and O–H groups in total. The predicted octanol–water partition coefficient (Wildman–Crippen LogP) is 6.24. The van der Waals surface area contributed by atoms with Crippen LogP contribution in [0.2, 0.25) is 10.0 Å². The fourth-order valence-electron chi connectivity index (χ4n) is 3.51. The second-order valence-corrected chi connectivity index (χ2v) is 8.62. The van der Waals surface area contributed by atoms with Crippen molar-refractivity contribution in [2.75, 3.05) is 15.5 Å². The molecule has 9 heteroatoms. The number of hydrogen-bond donors (Lipinski definition) is 2. The van der Waals surface area contributed by atoms with Crippen LogP contribution in [0.4, 0.5) is 17.1 Å². The Morgan fingerprint density at radius 3 is 2.44 bits per heavy atom. The van der Waals surface area contributed by atoms with Crippen molar-refractivity contribution >= 4 is 69.6 Å². The lowest BCUT2D eigenvalue weighted by Crippen LogP contribution is -2.32. The summed E-state index contributed by atoms with van der Waals surface area (Å²) in [6, 6.07) is 18.5. The maximum absolute atomic E-state index is 13.0. The van der Waals surface area contributed by atoms with E-state index in [-0.39, 0.29) is 27.3 Å². The number of hydrogen-bond acceptors (Lipinski definition) is 4. The molecule has 1 aliphatic rings. The van der Waals surface area contributed by atoms with Crippen molar-refractivity contribution < 1.29 is 14.4 Å². The summed E-state index contributed by atoms with van der Waals surface area (Å²) in [4.78, 5) is 39.5. The van der Waals surface area contributed by atoms with Gasteiger partial charge in [-0.25, -0.2) is 4.90 Å². The Kier molecular flexibility index (Phi) is 6.93. The van der Waals surface area contributed by atoms with Crippen LogP contribution < -0.4 is 15.5 Å². The van der Waals surface area contributed by atoms with Crippen molar-refractivity contribution in [2.45, 2.75) is 13.3 Å². The van der Waals surface area contributed by atoms with Crippen LogP contribution in [0.5, 0.6) is 0 Å². The lowest BCUT2D eigenvalue weighted by molar-refractivity contribution is -0.120. The number of benzene rings is 3. The number of amides is 3. The summed E-state index contributed by atoms with van der Waals surface area (Å²) < 4.78 is 0. The highest BCUT2D eigenvalue weighted by atomic mass is 35.5. The number of imide groups is 1. The molecular formula is C25H18Cl3N3O3. The molecule has 172 valence electrons. The first kappa shape index (κ1) is 23.8. The van der Waals surface area contributed by atoms with Crippen LogP contribution in [0.3, 0.4) is 0 Å². The quantitative estimate of drug-likeness (QED) is 0.382. The van der Waals surface area contributed by atoms with E-state index in [1.54, 1.807) is 30.3 Å². The van der Waals surface area contributed by atoms with Crippen molar-refractivity contribution in [1.82, 2.24) is 0 Å². The number of nitrogens with one attached hydrogen (secondary N) is 2. The minimum atomic E-state index is -0.733. The van der Waals surface area contributed by atoms with E-state index in [9.17, 15) is 14.4 Å². The van der Waals surface area contributed by atoms with Gasteiger partial charge in [0, 0.05) is 22.0 Å². The monoisotopic (exact) mass is 513 g/mol. The van der Waals surface area contributed by atoms with Gasteiger partial charge in [0.15, 0.2) is 0 Å². The first-order valence-electron chi connectivity index (χ1n) is 10.3. The molecule has 0 saturated carbocycles. The van der Waals surface area contributed by atoms with E-state index >= 15 is 0 Å². The molecule has 0 bridgehead atoms. The fraction of sp³-hybridized carbons (Fsp3) is 0.0800. The first-order chi connectivity index (χ1) is 16.3. The molecule has 3 amide bonds. The van der Waals surface area contributed by atoms with Gasteiger partial charge in [-0.1, -0.05) is 66.0 Å². The third-order valence-electron chi connectivity index (χ3n) is 5.22. The van der Waals surface area contributed by atoms with Crippen LogP contribution in [-0.2, 0) is 16.0 Å². The molecule has 0 aromatic heterocycles. The molecule has 1 aliphatic heterocycles. The molecule has 0 fully saturated rings. The SMILES string of the molecule is CCc1ccccc1NC(=O)c1cccc(NC2=C(Cl)C(=O)N(c3cc(Cl)ccc3Cl)C2=O)c1. The summed E-state index contributed by atoms with van der Waals surface area (Å²) in [5.74, 6) is -1.74. The predicted molar refractivity (Wildman–Crippen MR) is 136 cm³/mol. The molecule has 0 spiro atoms. The number of rotatable bonds is 6. The summed E-state index contributed by atoms with van der Waals surface area (Å²) >= 11 is 18.4. The Morgan fingerprint density at radius 1 is 0.912 bits per heavy atom. The third-order valence-corrected chi connectivity index (χ3v) is 6.12. The normalized spacial score (nSPS) is 13.5. The second kappa shape index (κ2) is 9.89. The van der Waals surface area contributed by atoms with Crippen molar-refractivity contribution in [2.24, 2.45) is 0 Å². The maximum atomic E-state index is 13.0. The smallest absolute Gasteiger partial charge is 0.283 e. The number of carbonyl (C=O) groups is 3. The van der Waals surface area contributed by atoms with E-state index in [1.807, 2.05) is 31.2 Å². The van der Waals surface area contributed by atoms with Gasteiger partial charge in [0.05, 0.1) is 10.7 Å². The molecule has 0 saturated heterocycles. The van der Waals surface area contributed by atoms with Gasteiger partial charge >= 0.3 is 0 Å². The highest BCUT2D eigenvalue weighted by Gasteiger charge is 2.40. The second-order valence-electron chi connectivity index (χ2n) is 7.40. The topological polar surface area (TPSA) is 78.5 Å². The standard InChI is InChI=1S/C25H18Cl3N3O3/c1-2-14-6-3-4-9-19(14)30-23(32)15-7-5-8-17(12-15)29-22-21(28)24(33)31(25(22)34)20-13-16(26)10-11-18(20)27/h3-13,29H,2H2,1H3,(H,30,32). The van der Waals surface area contributed by atoms with Gasteiger partial charge in [-0.3, -0.25) is 14.4 Å². The van der Waals surface area contributed by atoms with Crippen molar-refractivity contribution in [3.63, 3.8) is 0 Å². The molecule has 3 aromatic rings. The van der Waals surface area contributed by atoms with Crippen molar-refractivity contribution in [3.05, 3.63) is 98.6 Å². The number of para-hydroxylation sites is 1. The van der Waals surface area contributed by atoms with Gasteiger partial charge in [-0.05, 0) is 54.4 Å². The molecule has 0 unspecified atom stereocenters. The summed E-state index contributed by atoms with van der Waals surface area (Å²) in [6.45, 7) is 2.01. The molecular weight excluding hydrogens is 497 g/mol. The molecule has 34 heavy (non-hydrogen) atoms. The zero-order valence-electron chi connectivity index (χ0n) is 17.9. The van der Waals surface area contributed by atoms with Gasteiger partial charge in [-0.15, -0.1) is 0 Å². The molecule has 6 nitrogen and oxygen atoms in total. The minimum Gasteiger partial charge on any atom is -0.350 e. The molecule has 0 atom stereocenters. The average molecular weight is 515 g/mol. The average Bonchev–Trinajstić information content (AvgIpc) is 3.04. The van der Waals surface area contributed by atoms with Gasteiger partial charge in [0.2, 0.25) is 0 Å². The molecule has 0 aliphatic carbocycles. The largest absolute Gasteiger partial charge is 0.350 e. The van der Waals surface area contributed by atoms with Crippen LogP contribution in [0.15, 0.2) is 77.5 Å². The summed E-state index contributed by atoms with van der Waals surface area (Å²) in [5.41, 5.74) is 2.50. The zero-order valence-corrected chi connectivity index (χ0v) is 20.1. The van der Waals surface area contributed by atoms with E-state index in [0.717, 1.165) is 22.6 Å². The highest BCUT2D eigenvalue weighted by Crippen LogP contribution is 2.36. The first-order valence-corrected chi connectivity index (χ1v) is 11.4. The lowest BCUT2D eigenvalue weighted by atomic mass is 10.1. The van der Waals surface area contributed by atoms with Crippen molar-refractivity contribution in [1.29, 1.82) is 0 Å². The van der Waals surface area contributed by atoms with Crippen LogP contribution in [0.1, 0.15) is 22.8 Å². The summed E-state index contributed by atoms with van der Waals surface area (Å²) in [6.07, 6.45) is 0.772. The molecule has 0 radical (unpaired) electrons.